The van der Waals surface area contributed by atoms with Gasteiger partial charge in [-0.1, -0.05) is 13.8 Å². The Morgan fingerprint density at radius 3 is 2.90 bits per heavy atom. The Bertz CT molecular complexity index is 546. The molecule has 0 saturated heterocycles. The van der Waals surface area contributed by atoms with Gasteiger partial charge in [-0.25, -0.2) is 4.98 Å². The number of hydrogen-bond donors (Lipinski definition) is 2. The average molecular weight is 277 g/mol. The van der Waals surface area contributed by atoms with Crippen molar-refractivity contribution in [2.75, 3.05) is 0 Å². The fraction of sp³-hybridized carbons (Fsp3) is 0.429. The monoisotopic (exact) mass is 277 g/mol. The normalized spacial score (nSPS) is 12.6. The third kappa shape index (κ3) is 3.71. The van der Waals surface area contributed by atoms with Crippen molar-refractivity contribution in [2.45, 2.75) is 32.9 Å². The molecule has 0 fully saturated rings. The van der Waals surface area contributed by atoms with Crippen LogP contribution in [0.2, 0.25) is 0 Å². The topological polar surface area (TPSA) is 94.3 Å². The summed E-state index contributed by atoms with van der Waals surface area (Å²) >= 11 is 0. The maximum absolute atomic E-state index is 11.9. The maximum atomic E-state index is 11.9. The predicted molar refractivity (Wildman–Crippen MR) is 72.8 cm³/mol. The number of furan rings is 1. The van der Waals surface area contributed by atoms with Crippen molar-refractivity contribution in [3.05, 3.63) is 42.0 Å². The molecular formula is C14H19N3O3. The van der Waals surface area contributed by atoms with Crippen molar-refractivity contribution in [1.82, 2.24) is 10.3 Å². The van der Waals surface area contributed by atoms with E-state index in [1.54, 1.807) is 18.4 Å². The molecule has 2 aromatic rings. The second-order valence-corrected chi connectivity index (χ2v) is 5.07. The standard InChI is InChI=1S/C14H19N3O3/c1-9(2)6-11(15)14-17-12(8-20-14)13(18)16-7-10-4-3-5-19-10/h3-5,8-9,11H,6-7,15H2,1-2H3,(H,16,18). The van der Waals surface area contributed by atoms with Crippen LogP contribution in [0.5, 0.6) is 0 Å². The highest BCUT2D eigenvalue weighted by Gasteiger charge is 2.17. The number of aromatic nitrogens is 1. The molecule has 0 radical (unpaired) electrons. The second kappa shape index (κ2) is 6.38. The second-order valence-electron chi connectivity index (χ2n) is 5.07. The lowest BCUT2D eigenvalue weighted by Gasteiger charge is -2.09. The zero-order chi connectivity index (χ0) is 14.5. The smallest absolute Gasteiger partial charge is 0.273 e. The fourth-order valence-electron chi connectivity index (χ4n) is 1.84. The van der Waals surface area contributed by atoms with Gasteiger partial charge in [0.25, 0.3) is 5.91 Å². The zero-order valence-corrected chi connectivity index (χ0v) is 11.6. The van der Waals surface area contributed by atoms with Crippen LogP contribution >= 0.6 is 0 Å². The summed E-state index contributed by atoms with van der Waals surface area (Å²) in [4.78, 5) is 16.0. The maximum Gasteiger partial charge on any atom is 0.273 e. The number of carbonyl (C=O) groups excluding carboxylic acids is 1. The summed E-state index contributed by atoms with van der Waals surface area (Å²) < 4.78 is 10.4. The molecule has 0 spiro atoms. The molecule has 3 N–H and O–H groups in total. The van der Waals surface area contributed by atoms with Gasteiger partial charge in [-0.3, -0.25) is 4.79 Å². The van der Waals surface area contributed by atoms with Crippen molar-refractivity contribution in [2.24, 2.45) is 11.7 Å². The molecule has 0 bridgehead atoms. The Balaban J connectivity index is 1.92. The summed E-state index contributed by atoms with van der Waals surface area (Å²) in [5.74, 6) is 1.20. The minimum Gasteiger partial charge on any atom is -0.467 e. The Kier molecular flexibility index (Phi) is 4.57. The summed E-state index contributed by atoms with van der Waals surface area (Å²) in [5, 5.41) is 2.70. The van der Waals surface area contributed by atoms with Crippen LogP contribution in [0, 0.1) is 5.92 Å². The number of oxazole rings is 1. The Morgan fingerprint density at radius 2 is 2.25 bits per heavy atom. The van der Waals surface area contributed by atoms with E-state index in [0.29, 0.717) is 24.1 Å². The van der Waals surface area contributed by atoms with E-state index < -0.39 is 0 Å². The number of hydrogen-bond acceptors (Lipinski definition) is 5. The molecule has 1 atom stereocenters. The van der Waals surface area contributed by atoms with Gasteiger partial charge >= 0.3 is 0 Å². The van der Waals surface area contributed by atoms with Gasteiger partial charge in [0.2, 0.25) is 5.89 Å². The van der Waals surface area contributed by atoms with Crippen LogP contribution in [0.1, 0.15) is 48.4 Å². The predicted octanol–water partition coefficient (Wildman–Crippen LogP) is 2.24. The summed E-state index contributed by atoms with van der Waals surface area (Å²) in [5.41, 5.74) is 6.19. The number of rotatable bonds is 6. The first kappa shape index (κ1) is 14.3. The lowest BCUT2D eigenvalue weighted by atomic mass is 10.0. The molecule has 2 rings (SSSR count). The van der Waals surface area contributed by atoms with E-state index in [9.17, 15) is 4.79 Å². The molecule has 0 saturated carbocycles. The summed E-state index contributed by atoms with van der Waals surface area (Å²) in [6, 6.07) is 3.26. The van der Waals surface area contributed by atoms with E-state index in [1.165, 1.54) is 6.26 Å². The third-order valence-corrected chi connectivity index (χ3v) is 2.80. The van der Waals surface area contributed by atoms with Gasteiger partial charge < -0.3 is 19.9 Å². The van der Waals surface area contributed by atoms with E-state index in [2.05, 4.69) is 24.1 Å². The molecule has 108 valence electrons. The first-order valence-electron chi connectivity index (χ1n) is 6.58. The van der Waals surface area contributed by atoms with E-state index in [4.69, 9.17) is 14.6 Å². The lowest BCUT2D eigenvalue weighted by Crippen LogP contribution is -2.23. The summed E-state index contributed by atoms with van der Waals surface area (Å²) in [7, 11) is 0. The number of nitrogens with one attached hydrogen (secondary N) is 1. The molecule has 2 aromatic heterocycles. The van der Waals surface area contributed by atoms with Crippen LogP contribution in [0.25, 0.3) is 0 Å². The van der Waals surface area contributed by atoms with Crippen molar-refractivity contribution in [3.8, 4) is 0 Å². The minimum absolute atomic E-state index is 0.228. The Labute approximate surface area is 117 Å². The summed E-state index contributed by atoms with van der Waals surface area (Å²) in [6.45, 7) is 4.45. The van der Waals surface area contributed by atoms with Crippen LogP contribution in [0.3, 0.4) is 0 Å². The van der Waals surface area contributed by atoms with E-state index in [0.717, 1.165) is 6.42 Å². The molecule has 2 heterocycles. The lowest BCUT2D eigenvalue weighted by molar-refractivity contribution is 0.0943. The molecule has 0 aliphatic heterocycles. The number of nitrogens with two attached hydrogens (primary N) is 1. The largest absolute Gasteiger partial charge is 0.467 e. The highest BCUT2D eigenvalue weighted by atomic mass is 16.3. The molecule has 0 aliphatic rings. The molecule has 1 amide bonds. The van der Waals surface area contributed by atoms with Crippen molar-refractivity contribution < 1.29 is 13.6 Å². The highest BCUT2D eigenvalue weighted by Crippen LogP contribution is 2.18. The minimum atomic E-state index is -0.312. The van der Waals surface area contributed by atoms with Gasteiger partial charge in [-0.05, 0) is 24.5 Å². The fourth-order valence-corrected chi connectivity index (χ4v) is 1.84. The molecule has 20 heavy (non-hydrogen) atoms. The van der Waals surface area contributed by atoms with Crippen LogP contribution < -0.4 is 11.1 Å². The van der Waals surface area contributed by atoms with Gasteiger partial charge in [0.1, 0.15) is 12.0 Å². The van der Waals surface area contributed by atoms with Crippen LogP contribution in [0.15, 0.2) is 33.5 Å². The van der Waals surface area contributed by atoms with Crippen LogP contribution in [-0.2, 0) is 6.54 Å². The molecule has 1 unspecified atom stereocenters. The van der Waals surface area contributed by atoms with Gasteiger partial charge in [0, 0.05) is 0 Å². The average Bonchev–Trinajstić information content (AvgIpc) is 3.06. The number of carbonyl (C=O) groups is 1. The molecule has 0 aromatic carbocycles. The van der Waals surface area contributed by atoms with Crippen LogP contribution in [0.4, 0.5) is 0 Å². The van der Waals surface area contributed by atoms with Crippen LogP contribution in [-0.4, -0.2) is 10.9 Å². The molecule has 0 aliphatic carbocycles. The first-order chi connectivity index (χ1) is 9.56. The number of amides is 1. The number of nitrogens with zero attached hydrogens (tertiary/aromatic N) is 1. The quantitative estimate of drug-likeness (QED) is 0.844. The molecule has 6 heteroatoms. The van der Waals surface area contributed by atoms with Crippen molar-refractivity contribution in [1.29, 1.82) is 0 Å². The first-order valence-corrected chi connectivity index (χ1v) is 6.58. The molecule has 6 nitrogen and oxygen atoms in total. The third-order valence-electron chi connectivity index (χ3n) is 2.80. The van der Waals surface area contributed by atoms with Crippen molar-refractivity contribution in [3.63, 3.8) is 0 Å². The SMILES string of the molecule is CC(C)CC(N)c1nc(C(=O)NCc2ccco2)co1. The van der Waals surface area contributed by atoms with E-state index in [-0.39, 0.29) is 17.6 Å². The van der Waals surface area contributed by atoms with Gasteiger partial charge in [0.05, 0.1) is 18.8 Å². The van der Waals surface area contributed by atoms with Gasteiger partial charge in [-0.15, -0.1) is 0 Å². The Hall–Kier alpha value is -2.08. The van der Waals surface area contributed by atoms with Crippen molar-refractivity contribution >= 4 is 5.91 Å². The highest BCUT2D eigenvalue weighted by molar-refractivity contribution is 5.91. The Morgan fingerprint density at radius 1 is 1.45 bits per heavy atom. The summed E-state index contributed by atoms with van der Waals surface area (Å²) in [6.07, 6.45) is 3.64. The van der Waals surface area contributed by atoms with E-state index >= 15 is 0 Å². The zero-order valence-electron chi connectivity index (χ0n) is 11.6. The van der Waals surface area contributed by atoms with E-state index in [1.807, 2.05) is 0 Å². The van der Waals surface area contributed by atoms with Gasteiger partial charge in [0.15, 0.2) is 5.69 Å². The molecular weight excluding hydrogens is 258 g/mol. The van der Waals surface area contributed by atoms with Gasteiger partial charge in [-0.2, -0.15) is 0 Å².